The number of aryl methyl sites for hydroxylation is 2. The van der Waals surface area contributed by atoms with Crippen LogP contribution in [0.25, 0.3) is 0 Å². The minimum Gasteiger partial charge on any atom is -0.342 e. The Labute approximate surface area is 119 Å². The highest BCUT2D eigenvalue weighted by Gasteiger charge is 2.42. The molecule has 4 nitrogen and oxygen atoms in total. The van der Waals surface area contributed by atoms with E-state index in [0.717, 1.165) is 18.4 Å². The molecule has 1 atom stereocenters. The Morgan fingerprint density at radius 3 is 2.40 bits per heavy atom. The normalized spacial score (nSPS) is 22.9. The van der Waals surface area contributed by atoms with Crippen LogP contribution in [0, 0.1) is 19.8 Å². The molecule has 0 radical (unpaired) electrons. The van der Waals surface area contributed by atoms with Crippen LogP contribution >= 0.6 is 0 Å². The first kappa shape index (κ1) is 13.2. The summed E-state index contributed by atoms with van der Waals surface area (Å²) in [5, 5.41) is 2.84. The van der Waals surface area contributed by atoms with Crippen molar-refractivity contribution in [2.24, 2.45) is 5.92 Å². The van der Waals surface area contributed by atoms with Gasteiger partial charge >= 0.3 is 0 Å². The molecule has 20 heavy (non-hydrogen) atoms. The molecule has 1 saturated carbocycles. The number of carbonyl (C=O) groups excluding carboxylic acids is 2. The Morgan fingerprint density at radius 2 is 1.80 bits per heavy atom. The molecule has 1 aliphatic carbocycles. The van der Waals surface area contributed by atoms with Crippen LogP contribution in [0.5, 0.6) is 0 Å². The van der Waals surface area contributed by atoms with Crippen LogP contribution < -0.4 is 5.32 Å². The molecule has 106 valence electrons. The molecule has 3 rings (SSSR count). The summed E-state index contributed by atoms with van der Waals surface area (Å²) in [6, 6.07) is 5.99. The zero-order valence-electron chi connectivity index (χ0n) is 12.0. The van der Waals surface area contributed by atoms with Crippen molar-refractivity contribution >= 4 is 11.8 Å². The van der Waals surface area contributed by atoms with E-state index in [1.807, 2.05) is 13.8 Å². The van der Waals surface area contributed by atoms with Crippen LogP contribution in [0.4, 0.5) is 0 Å². The maximum Gasteiger partial charge on any atom is 0.246 e. The van der Waals surface area contributed by atoms with Gasteiger partial charge < -0.3 is 10.2 Å². The van der Waals surface area contributed by atoms with E-state index >= 15 is 0 Å². The summed E-state index contributed by atoms with van der Waals surface area (Å²) in [6.07, 6.45) is 2.10. The number of nitrogens with one attached hydrogen (secondary N) is 1. The number of piperazine rings is 1. The highest BCUT2D eigenvalue weighted by Crippen LogP contribution is 2.34. The third-order valence-electron chi connectivity index (χ3n) is 3.98. The molecule has 1 aliphatic heterocycles. The number of benzene rings is 1. The van der Waals surface area contributed by atoms with E-state index < -0.39 is 0 Å². The number of carbonyl (C=O) groups is 2. The second-order valence-electron chi connectivity index (χ2n) is 6.07. The summed E-state index contributed by atoms with van der Waals surface area (Å²) in [5.74, 6) is 0.394. The first-order chi connectivity index (χ1) is 9.52. The molecule has 0 bridgehead atoms. The van der Waals surface area contributed by atoms with Crippen LogP contribution in [0.3, 0.4) is 0 Å². The zero-order chi connectivity index (χ0) is 14.3. The fourth-order valence-electron chi connectivity index (χ4n) is 2.99. The lowest BCUT2D eigenvalue weighted by molar-refractivity contribution is -0.145. The minimum atomic E-state index is -0.290. The Bertz CT molecular complexity index is 543. The molecule has 1 aromatic carbocycles. The molecule has 1 heterocycles. The Balaban J connectivity index is 1.77. The van der Waals surface area contributed by atoms with Gasteiger partial charge in [0.15, 0.2) is 0 Å². The molecule has 1 aromatic rings. The predicted molar refractivity (Wildman–Crippen MR) is 76.0 cm³/mol. The first-order valence-corrected chi connectivity index (χ1v) is 7.18. The molecule has 2 amide bonds. The summed E-state index contributed by atoms with van der Waals surface area (Å²) in [7, 11) is 0. The van der Waals surface area contributed by atoms with Crippen molar-refractivity contribution < 1.29 is 9.59 Å². The molecule has 1 N–H and O–H groups in total. The summed E-state index contributed by atoms with van der Waals surface area (Å²) in [4.78, 5) is 25.9. The summed E-state index contributed by atoms with van der Waals surface area (Å²) in [6.45, 7) is 4.80. The minimum absolute atomic E-state index is 0.0362. The van der Waals surface area contributed by atoms with Gasteiger partial charge in [-0.3, -0.25) is 9.59 Å². The summed E-state index contributed by atoms with van der Waals surface area (Å²) >= 11 is 0. The second-order valence-corrected chi connectivity index (χ2v) is 6.07. The SMILES string of the molecule is Cc1cc(C)cc(CN2CC(=O)NC(C3CC3)C2=O)c1. The van der Waals surface area contributed by atoms with E-state index in [1.54, 1.807) is 4.90 Å². The molecule has 0 spiro atoms. The van der Waals surface area contributed by atoms with E-state index in [1.165, 1.54) is 11.1 Å². The number of hydrogen-bond acceptors (Lipinski definition) is 2. The number of hydrogen-bond donors (Lipinski definition) is 1. The topological polar surface area (TPSA) is 49.4 Å². The number of amides is 2. The van der Waals surface area contributed by atoms with Crippen molar-refractivity contribution in [1.82, 2.24) is 10.2 Å². The maximum absolute atomic E-state index is 12.4. The van der Waals surface area contributed by atoms with Gasteiger partial charge in [-0.25, -0.2) is 0 Å². The molecule has 2 fully saturated rings. The van der Waals surface area contributed by atoms with E-state index in [4.69, 9.17) is 0 Å². The lowest BCUT2D eigenvalue weighted by Gasteiger charge is -2.32. The number of rotatable bonds is 3. The third kappa shape index (κ3) is 2.69. The smallest absolute Gasteiger partial charge is 0.246 e. The van der Waals surface area contributed by atoms with Gasteiger partial charge in [-0.05, 0) is 38.2 Å². The largest absolute Gasteiger partial charge is 0.342 e. The van der Waals surface area contributed by atoms with Crippen molar-refractivity contribution in [2.45, 2.75) is 39.3 Å². The van der Waals surface area contributed by atoms with Crippen LogP contribution in [-0.2, 0) is 16.1 Å². The van der Waals surface area contributed by atoms with E-state index in [-0.39, 0.29) is 24.4 Å². The van der Waals surface area contributed by atoms with Gasteiger partial charge in [0.1, 0.15) is 6.04 Å². The summed E-state index contributed by atoms with van der Waals surface area (Å²) in [5.41, 5.74) is 3.47. The average molecular weight is 272 g/mol. The molecule has 1 saturated heterocycles. The standard InChI is InChI=1S/C16H20N2O2/c1-10-5-11(2)7-12(6-10)8-18-9-14(19)17-15(16(18)20)13-3-4-13/h5-7,13,15H,3-4,8-9H2,1-2H3,(H,17,19). The van der Waals surface area contributed by atoms with E-state index in [0.29, 0.717) is 12.5 Å². The van der Waals surface area contributed by atoms with Crippen molar-refractivity contribution in [3.63, 3.8) is 0 Å². The van der Waals surface area contributed by atoms with Gasteiger partial charge in [-0.15, -0.1) is 0 Å². The first-order valence-electron chi connectivity index (χ1n) is 7.18. The van der Waals surface area contributed by atoms with Crippen molar-refractivity contribution in [1.29, 1.82) is 0 Å². The van der Waals surface area contributed by atoms with Crippen LogP contribution in [0.2, 0.25) is 0 Å². The molecule has 2 aliphatic rings. The highest BCUT2D eigenvalue weighted by atomic mass is 16.2. The van der Waals surface area contributed by atoms with Crippen molar-refractivity contribution in [3.8, 4) is 0 Å². The highest BCUT2D eigenvalue weighted by molar-refractivity contribution is 5.95. The molecular formula is C16H20N2O2. The van der Waals surface area contributed by atoms with Crippen LogP contribution in [0.1, 0.15) is 29.5 Å². The van der Waals surface area contributed by atoms with E-state index in [9.17, 15) is 9.59 Å². The monoisotopic (exact) mass is 272 g/mol. The van der Waals surface area contributed by atoms with Gasteiger partial charge in [0, 0.05) is 6.54 Å². The lowest BCUT2D eigenvalue weighted by Crippen LogP contribution is -2.58. The lowest BCUT2D eigenvalue weighted by atomic mass is 10.0. The van der Waals surface area contributed by atoms with Gasteiger partial charge in [0.05, 0.1) is 6.54 Å². The average Bonchev–Trinajstić information content (AvgIpc) is 3.16. The molecule has 0 aromatic heterocycles. The van der Waals surface area contributed by atoms with Crippen molar-refractivity contribution in [3.05, 3.63) is 34.9 Å². The van der Waals surface area contributed by atoms with Gasteiger partial charge in [0.25, 0.3) is 0 Å². The van der Waals surface area contributed by atoms with Crippen molar-refractivity contribution in [2.75, 3.05) is 6.54 Å². The van der Waals surface area contributed by atoms with Gasteiger partial charge in [-0.2, -0.15) is 0 Å². The second kappa shape index (κ2) is 4.93. The zero-order valence-corrected chi connectivity index (χ0v) is 12.0. The Morgan fingerprint density at radius 1 is 1.15 bits per heavy atom. The quantitative estimate of drug-likeness (QED) is 0.907. The van der Waals surface area contributed by atoms with Crippen LogP contribution in [0.15, 0.2) is 18.2 Å². The van der Waals surface area contributed by atoms with Gasteiger partial charge in [-0.1, -0.05) is 29.3 Å². The Kier molecular flexibility index (Phi) is 3.24. The molecule has 1 unspecified atom stereocenters. The maximum atomic E-state index is 12.4. The Hall–Kier alpha value is -1.84. The van der Waals surface area contributed by atoms with Gasteiger partial charge in [0.2, 0.25) is 11.8 Å². The summed E-state index contributed by atoms with van der Waals surface area (Å²) < 4.78 is 0. The fourth-order valence-corrected chi connectivity index (χ4v) is 2.99. The number of nitrogens with zero attached hydrogens (tertiary/aromatic N) is 1. The van der Waals surface area contributed by atoms with Crippen LogP contribution in [-0.4, -0.2) is 29.3 Å². The third-order valence-corrected chi connectivity index (χ3v) is 3.98. The molecular weight excluding hydrogens is 252 g/mol. The fraction of sp³-hybridized carbons (Fsp3) is 0.500. The molecule has 4 heteroatoms. The van der Waals surface area contributed by atoms with E-state index in [2.05, 4.69) is 23.5 Å². The predicted octanol–water partition coefficient (Wildman–Crippen LogP) is 1.54.